The van der Waals surface area contributed by atoms with Gasteiger partial charge in [0.25, 0.3) is 15.7 Å². The Morgan fingerprint density at radius 3 is 2.39 bits per heavy atom. The standard InChI is InChI=1S/C18H21ClN4O4S/c1-4-16(12(2)3)20-21-17-10-9-15(11-18(17)23(24)25)28(26,27)22-14-7-5-13(19)6-8-14/h5-12,21-22H,4H2,1-3H3/b20-16+. The van der Waals surface area contributed by atoms with Crippen LogP contribution in [-0.4, -0.2) is 19.1 Å². The number of nitrogens with zero attached hydrogens (tertiary/aromatic N) is 2. The van der Waals surface area contributed by atoms with Gasteiger partial charge in [-0.05, 0) is 48.7 Å². The van der Waals surface area contributed by atoms with Gasteiger partial charge >= 0.3 is 0 Å². The topological polar surface area (TPSA) is 114 Å². The zero-order chi connectivity index (χ0) is 20.9. The van der Waals surface area contributed by atoms with Gasteiger partial charge in [0.15, 0.2) is 0 Å². The van der Waals surface area contributed by atoms with Crippen molar-refractivity contribution >= 4 is 44.4 Å². The molecule has 2 aromatic carbocycles. The van der Waals surface area contributed by atoms with Crippen LogP contribution >= 0.6 is 11.6 Å². The number of sulfonamides is 1. The van der Waals surface area contributed by atoms with E-state index in [1.165, 1.54) is 36.4 Å². The second kappa shape index (κ2) is 9.03. The molecule has 0 fully saturated rings. The first-order valence-electron chi connectivity index (χ1n) is 8.53. The van der Waals surface area contributed by atoms with E-state index in [2.05, 4.69) is 15.2 Å². The highest BCUT2D eigenvalue weighted by Crippen LogP contribution is 2.29. The first-order chi connectivity index (χ1) is 13.1. The molecule has 0 aliphatic rings. The minimum absolute atomic E-state index is 0.113. The van der Waals surface area contributed by atoms with Crippen LogP contribution in [-0.2, 0) is 10.0 Å². The normalized spacial score (nSPS) is 12.1. The summed E-state index contributed by atoms with van der Waals surface area (Å²) in [6.07, 6.45) is 0.690. The number of anilines is 2. The third-order valence-electron chi connectivity index (χ3n) is 3.92. The van der Waals surface area contributed by atoms with Crippen LogP contribution in [0.5, 0.6) is 0 Å². The first kappa shape index (κ1) is 21.6. The fraction of sp³-hybridized carbons (Fsp3) is 0.278. The molecular formula is C18H21ClN4O4S. The third-order valence-corrected chi connectivity index (χ3v) is 5.55. The molecule has 0 saturated heterocycles. The minimum atomic E-state index is -4.01. The molecule has 0 saturated carbocycles. The van der Waals surface area contributed by atoms with Gasteiger partial charge in [0, 0.05) is 22.5 Å². The van der Waals surface area contributed by atoms with Crippen molar-refractivity contribution < 1.29 is 13.3 Å². The van der Waals surface area contributed by atoms with Crippen LogP contribution in [0, 0.1) is 16.0 Å². The van der Waals surface area contributed by atoms with Gasteiger partial charge < -0.3 is 0 Å². The monoisotopic (exact) mass is 424 g/mol. The summed E-state index contributed by atoms with van der Waals surface area (Å²) < 4.78 is 27.5. The van der Waals surface area contributed by atoms with Crippen LogP contribution in [0.4, 0.5) is 17.1 Å². The Hall–Kier alpha value is -2.65. The highest BCUT2D eigenvalue weighted by Gasteiger charge is 2.22. The van der Waals surface area contributed by atoms with Crippen molar-refractivity contribution in [3.8, 4) is 0 Å². The molecule has 2 N–H and O–H groups in total. The van der Waals surface area contributed by atoms with E-state index in [0.29, 0.717) is 17.1 Å². The van der Waals surface area contributed by atoms with Crippen molar-refractivity contribution in [3.63, 3.8) is 0 Å². The smallest absolute Gasteiger partial charge is 0.280 e. The average molecular weight is 425 g/mol. The lowest BCUT2D eigenvalue weighted by atomic mass is 10.1. The molecule has 150 valence electrons. The number of benzene rings is 2. The molecule has 10 heteroatoms. The summed E-state index contributed by atoms with van der Waals surface area (Å²) in [7, 11) is -4.01. The molecule has 0 aromatic heterocycles. The van der Waals surface area contributed by atoms with Crippen LogP contribution < -0.4 is 10.1 Å². The molecular weight excluding hydrogens is 404 g/mol. The predicted octanol–water partition coefficient (Wildman–Crippen LogP) is 4.88. The Bertz CT molecular complexity index is 989. The molecule has 8 nitrogen and oxygen atoms in total. The summed E-state index contributed by atoms with van der Waals surface area (Å²) in [6.45, 7) is 5.88. The number of hydrogen-bond donors (Lipinski definition) is 2. The van der Waals surface area contributed by atoms with Crippen LogP contribution in [0.15, 0.2) is 52.5 Å². The summed E-state index contributed by atoms with van der Waals surface area (Å²) in [5.41, 5.74) is 3.54. The van der Waals surface area contributed by atoms with Crippen LogP contribution in [0.3, 0.4) is 0 Å². The Kier molecular flexibility index (Phi) is 6.98. The zero-order valence-electron chi connectivity index (χ0n) is 15.6. The zero-order valence-corrected chi connectivity index (χ0v) is 17.2. The van der Waals surface area contributed by atoms with Crippen molar-refractivity contribution in [2.45, 2.75) is 32.1 Å². The lowest BCUT2D eigenvalue weighted by Crippen LogP contribution is -2.13. The lowest BCUT2D eigenvalue weighted by molar-refractivity contribution is -0.384. The fourth-order valence-corrected chi connectivity index (χ4v) is 3.61. The van der Waals surface area contributed by atoms with Crippen molar-refractivity contribution in [3.05, 3.63) is 57.6 Å². The molecule has 28 heavy (non-hydrogen) atoms. The number of rotatable bonds is 8. The summed E-state index contributed by atoms with van der Waals surface area (Å²) in [4.78, 5) is 10.5. The minimum Gasteiger partial charge on any atom is -0.280 e. The van der Waals surface area contributed by atoms with E-state index in [1.807, 2.05) is 20.8 Å². The van der Waals surface area contributed by atoms with Gasteiger partial charge in [0.05, 0.1) is 9.82 Å². The number of nitrogens with one attached hydrogen (secondary N) is 2. The van der Waals surface area contributed by atoms with Gasteiger partial charge in [-0.25, -0.2) is 8.42 Å². The third kappa shape index (κ3) is 5.43. The highest BCUT2D eigenvalue weighted by molar-refractivity contribution is 7.92. The molecule has 0 amide bonds. The second-order valence-corrected chi connectivity index (χ2v) is 8.39. The van der Waals surface area contributed by atoms with E-state index in [4.69, 9.17) is 11.6 Å². The number of nitro benzene ring substituents is 1. The average Bonchev–Trinajstić information content (AvgIpc) is 2.63. The number of nitro groups is 1. The molecule has 0 heterocycles. The van der Waals surface area contributed by atoms with E-state index < -0.39 is 14.9 Å². The fourth-order valence-electron chi connectivity index (χ4n) is 2.40. The maximum atomic E-state index is 12.6. The Balaban J connectivity index is 2.35. The van der Waals surface area contributed by atoms with Crippen molar-refractivity contribution in [2.24, 2.45) is 11.0 Å². The Labute approximate surface area is 168 Å². The van der Waals surface area contributed by atoms with Crippen LogP contribution in [0.2, 0.25) is 5.02 Å². The molecule has 0 atom stereocenters. The molecule has 0 spiro atoms. The number of halogens is 1. The van der Waals surface area contributed by atoms with Gasteiger partial charge in [-0.15, -0.1) is 0 Å². The molecule has 2 aromatic rings. The van der Waals surface area contributed by atoms with Gasteiger partial charge in [0.1, 0.15) is 5.69 Å². The van der Waals surface area contributed by atoms with Gasteiger partial charge in [-0.2, -0.15) is 5.10 Å². The van der Waals surface area contributed by atoms with E-state index in [1.54, 1.807) is 0 Å². The lowest BCUT2D eigenvalue weighted by Gasteiger charge is -2.11. The van der Waals surface area contributed by atoms with E-state index in [9.17, 15) is 18.5 Å². The van der Waals surface area contributed by atoms with E-state index >= 15 is 0 Å². The number of hydrazone groups is 1. The first-order valence-corrected chi connectivity index (χ1v) is 10.4. The van der Waals surface area contributed by atoms with Gasteiger partial charge in [0.2, 0.25) is 0 Å². The molecule has 0 aliphatic heterocycles. The summed E-state index contributed by atoms with van der Waals surface area (Å²) in [5, 5.41) is 16.1. The number of hydrogen-bond acceptors (Lipinski definition) is 6. The Morgan fingerprint density at radius 1 is 1.21 bits per heavy atom. The SMILES string of the molecule is CC/C(=N\Nc1ccc(S(=O)(=O)Nc2ccc(Cl)cc2)cc1[N+](=O)[O-])C(C)C. The van der Waals surface area contributed by atoms with Gasteiger partial charge in [-0.3, -0.25) is 20.3 Å². The largest absolute Gasteiger partial charge is 0.295 e. The van der Waals surface area contributed by atoms with E-state index in [-0.39, 0.29) is 22.2 Å². The molecule has 0 radical (unpaired) electrons. The van der Waals surface area contributed by atoms with Crippen molar-refractivity contribution in [1.82, 2.24) is 0 Å². The molecule has 0 bridgehead atoms. The second-order valence-electron chi connectivity index (χ2n) is 6.27. The van der Waals surface area contributed by atoms with Crippen LogP contribution in [0.1, 0.15) is 27.2 Å². The predicted molar refractivity (Wildman–Crippen MR) is 112 cm³/mol. The van der Waals surface area contributed by atoms with Gasteiger partial charge in [-0.1, -0.05) is 32.4 Å². The van der Waals surface area contributed by atoms with Crippen LogP contribution in [0.25, 0.3) is 0 Å². The summed E-state index contributed by atoms with van der Waals surface area (Å²) in [5.74, 6) is 0.180. The quantitative estimate of drug-likeness (QED) is 0.356. The maximum absolute atomic E-state index is 12.6. The molecule has 2 rings (SSSR count). The molecule has 0 aliphatic carbocycles. The Morgan fingerprint density at radius 2 is 1.86 bits per heavy atom. The van der Waals surface area contributed by atoms with E-state index in [0.717, 1.165) is 11.8 Å². The summed E-state index contributed by atoms with van der Waals surface area (Å²) in [6, 6.07) is 9.67. The van der Waals surface area contributed by atoms with Crippen molar-refractivity contribution in [2.75, 3.05) is 10.1 Å². The maximum Gasteiger partial charge on any atom is 0.295 e. The molecule has 0 unspecified atom stereocenters. The summed E-state index contributed by atoms with van der Waals surface area (Å²) >= 11 is 5.79. The van der Waals surface area contributed by atoms with Crippen molar-refractivity contribution in [1.29, 1.82) is 0 Å². The highest BCUT2D eigenvalue weighted by atomic mass is 35.5.